The van der Waals surface area contributed by atoms with Gasteiger partial charge in [-0.3, -0.25) is 4.90 Å². The molecular formula is C22H31IN4O3. The number of halogens is 1. The van der Waals surface area contributed by atoms with Crippen LogP contribution in [0, 0.1) is 0 Å². The number of methoxy groups -OCH3 is 2. The second-order valence-electron chi connectivity index (χ2n) is 6.85. The third kappa shape index (κ3) is 6.75. The molecule has 0 aliphatic carbocycles. The summed E-state index contributed by atoms with van der Waals surface area (Å²) in [7, 11) is 3.24. The van der Waals surface area contributed by atoms with Crippen LogP contribution in [-0.4, -0.2) is 57.9 Å². The summed E-state index contributed by atoms with van der Waals surface area (Å²) in [5, 5.41) is 3.29. The Morgan fingerprint density at radius 3 is 2.47 bits per heavy atom. The third-order valence-electron chi connectivity index (χ3n) is 5.03. The molecule has 1 saturated heterocycles. The fraction of sp³-hybridized carbons (Fsp3) is 0.409. The Balaban J connectivity index is 0.00000320. The monoisotopic (exact) mass is 526 g/mol. The number of hydrogen-bond donors (Lipinski definition) is 2. The van der Waals surface area contributed by atoms with Crippen LogP contribution in [0.2, 0.25) is 0 Å². The van der Waals surface area contributed by atoms with Gasteiger partial charge in [0, 0.05) is 19.6 Å². The first-order valence-electron chi connectivity index (χ1n) is 9.82. The average Bonchev–Trinajstić information content (AvgIpc) is 2.79. The summed E-state index contributed by atoms with van der Waals surface area (Å²) in [5.74, 6) is 1.81. The molecule has 8 heteroatoms. The molecule has 1 fully saturated rings. The van der Waals surface area contributed by atoms with E-state index >= 15 is 0 Å². The van der Waals surface area contributed by atoms with Gasteiger partial charge in [0.25, 0.3) is 0 Å². The zero-order valence-corrected chi connectivity index (χ0v) is 19.9. The minimum Gasteiger partial charge on any atom is -0.493 e. The molecule has 3 N–H and O–H groups in total. The first-order valence-corrected chi connectivity index (χ1v) is 9.82. The van der Waals surface area contributed by atoms with Gasteiger partial charge in [-0.1, -0.05) is 36.4 Å². The third-order valence-corrected chi connectivity index (χ3v) is 5.03. The van der Waals surface area contributed by atoms with E-state index in [2.05, 4.69) is 39.5 Å². The molecule has 3 rings (SSSR count). The van der Waals surface area contributed by atoms with Crippen molar-refractivity contribution in [3.05, 3.63) is 59.7 Å². The molecule has 0 aromatic heterocycles. The van der Waals surface area contributed by atoms with E-state index in [-0.39, 0.29) is 30.0 Å². The second-order valence-corrected chi connectivity index (χ2v) is 6.85. The quantitative estimate of drug-likeness (QED) is 0.313. The number of aliphatic imine (C=N–C) groups is 1. The molecular weight excluding hydrogens is 495 g/mol. The highest BCUT2D eigenvalue weighted by molar-refractivity contribution is 14.0. The number of guanidine groups is 1. The van der Waals surface area contributed by atoms with E-state index in [4.69, 9.17) is 19.9 Å². The maximum absolute atomic E-state index is 6.14. The van der Waals surface area contributed by atoms with E-state index in [0.29, 0.717) is 30.5 Å². The summed E-state index contributed by atoms with van der Waals surface area (Å²) >= 11 is 0. The van der Waals surface area contributed by atoms with Gasteiger partial charge >= 0.3 is 0 Å². The van der Waals surface area contributed by atoms with Crippen molar-refractivity contribution >= 4 is 29.9 Å². The summed E-state index contributed by atoms with van der Waals surface area (Å²) in [5.41, 5.74) is 8.40. The number of morpholine rings is 1. The van der Waals surface area contributed by atoms with Crippen LogP contribution >= 0.6 is 24.0 Å². The van der Waals surface area contributed by atoms with Crippen LogP contribution in [0.4, 0.5) is 0 Å². The standard InChI is InChI=1S/C22H30N4O3.HI/c1-27-20-9-8-17(14-21(20)28-2)15-24-22(23)25-16-19(18-6-4-3-5-7-18)26-10-12-29-13-11-26;/h3-9,14,19H,10-13,15-16H2,1-2H3,(H3,23,24,25);1H. The Morgan fingerprint density at radius 2 is 1.80 bits per heavy atom. The van der Waals surface area contributed by atoms with Gasteiger partial charge in [0.05, 0.1) is 40.0 Å². The zero-order chi connectivity index (χ0) is 20.5. The van der Waals surface area contributed by atoms with Gasteiger partial charge in [0.15, 0.2) is 17.5 Å². The molecule has 0 amide bonds. The van der Waals surface area contributed by atoms with Crippen LogP contribution in [-0.2, 0) is 11.3 Å². The molecule has 7 nitrogen and oxygen atoms in total. The van der Waals surface area contributed by atoms with Gasteiger partial charge in [-0.25, -0.2) is 4.99 Å². The van der Waals surface area contributed by atoms with Gasteiger partial charge in [-0.2, -0.15) is 0 Å². The molecule has 1 atom stereocenters. The number of nitrogens with two attached hydrogens (primary N) is 1. The highest BCUT2D eigenvalue weighted by Gasteiger charge is 2.22. The van der Waals surface area contributed by atoms with Gasteiger partial charge in [0.1, 0.15) is 0 Å². The maximum atomic E-state index is 6.14. The van der Waals surface area contributed by atoms with Crippen molar-refractivity contribution in [2.75, 3.05) is 47.1 Å². The first kappa shape index (κ1) is 24.2. The summed E-state index contributed by atoms with van der Waals surface area (Å²) < 4.78 is 16.1. The van der Waals surface area contributed by atoms with E-state index in [1.165, 1.54) is 5.56 Å². The van der Waals surface area contributed by atoms with E-state index < -0.39 is 0 Å². The number of rotatable bonds is 8. The molecule has 164 valence electrons. The van der Waals surface area contributed by atoms with Crippen molar-refractivity contribution in [1.29, 1.82) is 0 Å². The van der Waals surface area contributed by atoms with Crippen molar-refractivity contribution in [3.63, 3.8) is 0 Å². The smallest absolute Gasteiger partial charge is 0.188 e. The van der Waals surface area contributed by atoms with Crippen molar-refractivity contribution < 1.29 is 14.2 Å². The molecule has 0 bridgehead atoms. The topological polar surface area (TPSA) is 81.3 Å². The lowest BCUT2D eigenvalue weighted by Gasteiger charge is -2.35. The van der Waals surface area contributed by atoms with Crippen molar-refractivity contribution in [3.8, 4) is 11.5 Å². The molecule has 2 aromatic carbocycles. The first-order chi connectivity index (χ1) is 14.2. The molecule has 1 unspecified atom stereocenters. The number of nitrogens with zero attached hydrogens (tertiary/aromatic N) is 2. The Labute approximate surface area is 195 Å². The highest BCUT2D eigenvalue weighted by Crippen LogP contribution is 2.27. The molecule has 0 spiro atoms. The zero-order valence-electron chi connectivity index (χ0n) is 17.5. The van der Waals surface area contributed by atoms with Crippen LogP contribution in [0.5, 0.6) is 11.5 Å². The molecule has 1 aliphatic heterocycles. The minimum absolute atomic E-state index is 0. The molecule has 1 aliphatic rings. The van der Waals surface area contributed by atoms with Crippen molar-refractivity contribution in [2.45, 2.75) is 12.6 Å². The fourth-order valence-electron chi connectivity index (χ4n) is 3.43. The molecule has 0 radical (unpaired) electrons. The summed E-state index contributed by atoms with van der Waals surface area (Å²) in [6.45, 7) is 4.48. The maximum Gasteiger partial charge on any atom is 0.188 e. The highest BCUT2D eigenvalue weighted by atomic mass is 127. The Hall–Kier alpha value is -2.04. The SMILES string of the molecule is COc1ccc(CN=C(N)NCC(c2ccccc2)N2CCOCC2)cc1OC.I. The van der Waals surface area contributed by atoms with Gasteiger partial charge < -0.3 is 25.3 Å². The molecule has 0 saturated carbocycles. The second kappa shape index (κ2) is 12.6. The number of nitrogens with one attached hydrogen (secondary N) is 1. The lowest BCUT2D eigenvalue weighted by molar-refractivity contribution is 0.0170. The molecule has 2 aromatic rings. The number of hydrogen-bond acceptors (Lipinski definition) is 5. The van der Waals surface area contributed by atoms with Gasteiger partial charge in [-0.05, 0) is 23.3 Å². The minimum atomic E-state index is 0. The Morgan fingerprint density at radius 1 is 1.10 bits per heavy atom. The number of ether oxygens (including phenoxy) is 3. The lowest BCUT2D eigenvalue weighted by atomic mass is 10.0. The largest absolute Gasteiger partial charge is 0.493 e. The van der Waals surface area contributed by atoms with Crippen LogP contribution in [0.25, 0.3) is 0 Å². The van der Waals surface area contributed by atoms with Crippen LogP contribution in [0.3, 0.4) is 0 Å². The summed E-state index contributed by atoms with van der Waals surface area (Å²) in [6.07, 6.45) is 0. The fourth-order valence-corrected chi connectivity index (χ4v) is 3.43. The van der Waals surface area contributed by atoms with Crippen molar-refractivity contribution in [1.82, 2.24) is 10.2 Å². The summed E-state index contributed by atoms with van der Waals surface area (Å²) in [4.78, 5) is 6.90. The van der Waals surface area contributed by atoms with Crippen molar-refractivity contribution in [2.24, 2.45) is 10.7 Å². The lowest BCUT2D eigenvalue weighted by Crippen LogP contribution is -2.45. The number of benzene rings is 2. The van der Waals surface area contributed by atoms with E-state index in [1.54, 1.807) is 14.2 Å². The average molecular weight is 526 g/mol. The Bertz CT molecular complexity index is 798. The van der Waals surface area contributed by atoms with Gasteiger partial charge in [0.2, 0.25) is 0 Å². The predicted octanol–water partition coefficient (Wildman–Crippen LogP) is 2.80. The van der Waals surface area contributed by atoms with Gasteiger partial charge in [-0.15, -0.1) is 24.0 Å². The van der Waals surface area contributed by atoms with E-state index in [9.17, 15) is 0 Å². The normalized spacial score (nSPS) is 15.7. The molecule has 30 heavy (non-hydrogen) atoms. The van der Waals surface area contributed by atoms with E-state index in [1.807, 2.05) is 24.3 Å². The van der Waals surface area contributed by atoms with E-state index in [0.717, 1.165) is 31.9 Å². The Kier molecular flexibility index (Phi) is 10.2. The molecule has 1 heterocycles. The van der Waals surface area contributed by atoms with Crippen LogP contribution < -0.4 is 20.5 Å². The van der Waals surface area contributed by atoms with Crippen LogP contribution in [0.1, 0.15) is 17.2 Å². The predicted molar refractivity (Wildman–Crippen MR) is 130 cm³/mol. The summed E-state index contributed by atoms with van der Waals surface area (Å²) in [6, 6.07) is 16.4. The van der Waals surface area contributed by atoms with Crippen LogP contribution in [0.15, 0.2) is 53.5 Å².